The Morgan fingerprint density at radius 1 is 1.03 bits per heavy atom. The van der Waals surface area contributed by atoms with Gasteiger partial charge in [-0.2, -0.15) is 0 Å². The van der Waals surface area contributed by atoms with E-state index in [9.17, 15) is 19.1 Å². The standard InChI is InChI=1S/C25H27Cl2FN2O4/c1-29(25(33)34-19-9-5-17(28)6-10-19)23-14-30(24(32)15-2-7-18(31)8-3-15)13-20(23)16-4-11-21(26)22(27)12-16/h4-6,9-12,15,18,20,23,31H,2-3,7-8,13-14H2,1H3/t15-,18-,20-,23+/m0/s1. The number of benzene rings is 2. The van der Waals surface area contributed by atoms with Gasteiger partial charge in [-0.1, -0.05) is 29.3 Å². The van der Waals surface area contributed by atoms with Crippen LogP contribution in [-0.2, 0) is 4.79 Å². The topological polar surface area (TPSA) is 70.1 Å². The number of likely N-dealkylation sites (tertiary alicyclic amines) is 1. The number of aliphatic hydroxyl groups excluding tert-OH is 1. The van der Waals surface area contributed by atoms with Gasteiger partial charge in [0.05, 0.1) is 22.2 Å². The summed E-state index contributed by atoms with van der Waals surface area (Å²) in [6.07, 6.45) is 1.60. The summed E-state index contributed by atoms with van der Waals surface area (Å²) >= 11 is 12.4. The second-order valence-corrected chi connectivity index (χ2v) is 9.84. The molecule has 1 aliphatic carbocycles. The number of hydrogen-bond donors (Lipinski definition) is 1. The number of rotatable bonds is 4. The number of aliphatic hydroxyl groups is 1. The molecule has 0 aromatic heterocycles. The van der Waals surface area contributed by atoms with E-state index in [0.717, 1.165) is 5.56 Å². The summed E-state index contributed by atoms with van der Waals surface area (Å²) in [4.78, 5) is 29.5. The molecule has 1 saturated carbocycles. The summed E-state index contributed by atoms with van der Waals surface area (Å²) in [5.41, 5.74) is 0.871. The van der Waals surface area contributed by atoms with Crippen LogP contribution in [0.2, 0.25) is 10.0 Å². The van der Waals surface area contributed by atoms with Gasteiger partial charge in [-0.05, 0) is 67.6 Å². The van der Waals surface area contributed by atoms with E-state index in [-0.39, 0.29) is 35.6 Å². The van der Waals surface area contributed by atoms with Crippen LogP contribution in [0.5, 0.6) is 5.75 Å². The molecular weight excluding hydrogens is 482 g/mol. The van der Waals surface area contributed by atoms with Gasteiger partial charge >= 0.3 is 6.09 Å². The molecule has 2 aromatic rings. The molecule has 2 amide bonds. The summed E-state index contributed by atoms with van der Waals surface area (Å²) in [6, 6.07) is 10.2. The summed E-state index contributed by atoms with van der Waals surface area (Å²) < 4.78 is 18.6. The lowest BCUT2D eigenvalue weighted by Crippen LogP contribution is -2.44. The van der Waals surface area contributed by atoms with Crippen molar-refractivity contribution in [1.82, 2.24) is 9.80 Å². The van der Waals surface area contributed by atoms with Gasteiger partial charge in [0.25, 0.3) is 0 Å². The molecular formula is C25H27Cl2FN2O4. The Bertz CT molecular complexity index is 1040. The molecule has 2 aromatic carbocycles. The molecule has 1 heterocycles. The number of hydrogen-bond acceptors (Lipinski definition) is 4. The first-order valence-electron chi connectivity index (χ1n) is 11.3. The van der Waals surface area contributed by atoms with Crippen LogP contribution >= 0.6 is 23.2 Å². The Kier molecular flexibility index (Phi) is 7.65. The number of nitrogens with zero attached hydrogens (tertiary/aromatic N) is 2. The summed E-state index contributed by atoms with van der Waals surface area (Å²) in [6.45, 7) is 0.770. The molecule has 34 heavy (non-hydrogen) atoms. The zero-order chi connectivity index (χ0) is 24.4. The molecule has 1 N–H and O–H groups in total. The zero-order valence-corrected chi connectivity index (χ0v) is 20.3. The Hall–Kier alpha value is -2.35. The third-order valence-electron chi connectivity index (χ3n) is 6.82. The molecule has 2 fully saturated rings. The summed E-state index contributed by atoms with van der Waals surface area (Å²) in [5, 5.41) is 10.6. The molecule has 0 unspecified atom stereocenters. The van der Waals surface area contributed by atoms with Crippen LogP contribution in [0.4, 0.5) is 9.18 Å². The lowest BCUT2D eigenvalue weighted by molar-refractivity contribution is -0.136. The van der Waals surface area contributed by atoms with Crippen LogP contribution in [0.25, 0.3) is 0 Å². The monoisotopic (exact) mass is 508 g/mol. The van der Waals surface area contributed by atoms with Gasteiger partial charge in [-0.25, -0.2) is 9.18 Å². The molecule has 2 atom stereocenters. The molecule has 0 bridgehead atoms. The molecule has 182 valence electrons. The van der Waals surface area contributed by atoms with Crippen molar-refractivity contribution in [3.8, 4) is 5.75 Å². The SMILES string of the molecule is CN(C(=O)Oc1ccc(F)cc1)[C@@H]1CN(C(=O)[C@H]2CC[C@H](O)CC2)C[C@H]1c1ccc(Cl)c(Cl)c1. The molecule has 1 saturated heterocycles. The van der Waals surface area contributed by atoms with Crippen molar-refractivity contribution in [2.75, 3.05) is 20.1 Å². The highest BCUT2D eigenvalue weighted by molar-refractivity contribution is 6.42. The first kappa shape index (κ1) is 24.8. The number of amides is 2. The van der Waals surface area contributed by atoms with Gasteiger partial charge in [0.1, 0.15) is 11.6 Å². The highest BCUT2D eigenvalue weighted by Crippen LogP contribution is 2.36. The van der Waals surface area contributed by atoms with E-state index < -0.39 is 11.9 Å². The molecule has 9 heteroatoms. The smallest absolute Gasteiger partial charge is 0.410 e. The quantitative estimate of drug-likeness (QED) is 0.622. The fourth-order valence-corrected chi connectivity index (χ4v) is 5.13. The van der Waals surface area contributed by atoms with Crippen LogP contribution in [-0.4, -0.2) is 59.2 Å². The Balaban J connectivity index is 1.54. The number of likely N-dealkylation sites (N-methyl/N-ethyl adjacent to an activating group) is 1. The maximum atomic E-state index is 13.3. The van der Waals surface area contributed by atoms with Crippen molar-refractivity contribution >= 4 is 35.2 Å². The van der Waals surface area contributed by atoms with E-state index in [1.807, 2.05) is 6.07 Å². The van der Waals surface area contributed by atoms with Crippen LogP contribution in [0.1, 0.15) is 37.2 Å². The summed E-state index contributed by atoms with van der Waals surface area (Å²) in [5.74, 6) is -0.476. The predicted molar refractivity (Wildman–Crippen MR) is 128 cm³/mol. The lowest BCUT2D eigenvalue weighted by Gasteiger charge is -2.29. The fourth-order valence-electron chi connectivity index (χ4n) is 4.82. The molecule has 6 nitrogen and oxygen atoms in total. The highest BCUT2D eigenvalue weighted by atomic mass is 35.5. The zero-order valence-electron chi connectivity index (χ0n) is 18.8. The second kappa shape index (κ2) is 10.5. The molecule has 2 aliphatic rings. The summed E-state index contributed by atoms with van der Waals surface area (Å²) in [7, 11) is 1.63. The maximum absolute atomic E-state index is 13.3. The lowest BCUT2D eigenvalue weighted by atomic mass is 9.86. The van der Waals surface area contributed by atoms with Crippen molar-refractivity contribution in [2.24, 2.45) is 5.92 Å². The number of carbonyl (C=O) groups excluding carboxylic acids is 2. The molecule has 0 radical (unpaired) electrons. The van der Waals surface area contributed by atoms with Crippen molar-refractivity contribution in [2.45, 2.75) is 43.7 Å². The largest absolute Gasteiger partial charge is 0.415 e. The Morgan fingerprint density at radius 2 is 1.71 bits per heavy atom. The minimum absolute atomic E-state index is 0.0414. The first-order chi connectivity index (χ1) is 16.2. The first-order valence-corrected chi connectivity index (χ1v) is 12.1. The fraction of sp³-hybridized carbons (Fsp3) is 0.440. The van der Waals surface area contributed by atoms with Crippen LogP contribution in [0.3, 0.4) is 0 Å². The number of halogens is 3. The number of carbonyl (C=O) groups is 2. The van der Waals surface area contributed by atoms with Crippen LogP contribution < -0.4 is 4.74 Å². The van der Waals surface area contributed by atoms with E-state index in [4.69, 9.17) is 27.9 Å². The van der Waals surface area contributed by atoms with Gasteiger partial charge in [0.15, 0.2) is 0 Å². The van der Waals surface area contributed by atoms with E-state index in [2.05, 4.69) is 0 Å². The van der Waals surface area contributed by atoms with Gasteiger partial charge < -0.3 is 19.6 Å². The third kappa shape index (κ3) is 5.48. The predicted octanol–water partition coefficient (Wildman–Crippen LogP) is 5.11. The van der Waals surface area contributed by atoms with Gasteiger partial charge in [0, 0.05) is 32.0 Å². The van der Waals surface area contributed by atoms with Crippen molar-refractivity contribution < 1.29 is 23.8 Å². The third-order valence-corrected chi connectivity index (χ3v) is 7.56. The van der Waals surface area contributed by atoms with Gasteiger partial charge in [-0.3, -0.25) is 4.79 Å². The average Bonchev–Trinajstić information content (AvgIpc) is 3.27. The van der Waals surface area contributed by atoms with E-state index >= 15 is 0 Å². The van der Waals surface area contributed by atoms with Crippen LogP contribution in [0, 0.1) is 11.7 Å². The minimum atomic E-state index is -0.600. The average molecular weight is 509 g/mol. The van der Waals surface area contributed by atoms with Crippen molar-refractivity contribution in [3.63, 3.8) is 0 Å². The Labute approximate surface area is 208 Å². The van der Waals surface area contributed by atoms with E-state index in [1.54, 1.807) is 24.1 Å². The molecule has 0 spiro atoms. The normalized spacial score (nSPS) is 24.7. The number of ether oxygens (including phenoxy) is 1. The second-order valence-electron chi connectivity index (χ2n) is 9.03. The van der Waals surface area contributed by atoms with Gasteiger partial charge in [-0.15, -0.1) is 0 Å². The Morgan fingerprint density at radius 3 is 2.35 bits per heavy atom. The minimum Gasteiger partial charge on any atom is -0.410 e. The molecule has 4 rings (SSSR count). The maximum Gasteiger partial charge on any atom is 0.415 e. The van der Waals surface area contributed by atoms with E-state index in [1.165, 1.54) is 29.2 Å². The van der Waals surface area contributed by atoms with Gasteiger partial charge in [0.2, 0.25) is 5.91 Å². The van der Waals surface area contributed by atoms with Crippen LogP contribution in [0.15, 0.2) is 42.5 Å². The molecule has 1 aliphatic heterocycles. The van der Waals surface area contributed by atoms with Crippen molar-refractivity contribution in [1.29, 1.82) is 0 Å². The van der Waals surface area contributed by atoms with E-state index in [0.29, 0.717) is 48.8 Å². The van der Waals surface area contributed by atoms with Crippen molar-refractivity contribution in [3.05, 3.63) is 63.9 Å². The highest BCUT2D eigenvalue weighted by Gasteiger charge is 2.42.